The minimum Gasteiger partial charge on any atom is -0.493 e. The molecule has 21 heavy (non-hydrogen) atoms. The molecule has 1 aromatic rings. The molecule has 1 atom stereocenters. The zero-order valence-electron chi connectivity index (χ0n) is 12.9. The van der Waals surface area contributed by atoms with Gasteiger partial charge in [-0.25, -0.2) is 0 Å². The lowest BCUT2D eigenvalue weighted by Crippen LogP contribution is -2.20. The van der Waals surface area contributed by atoms with Gasteiger partial charge in [-0.05, 0) is 44.0 Å². The highest BCUT2D eigenvalue weighted by Gasteiger charge is 2.09. The van der Waals surface area contributed by atoms with Crippen LogP contribution in [0.4, 0.5) is 0 Å². The van der Waals surface area contributed by atoms with Crippen molar-refractivity contribution in [2.45, 2.75) is 32.2 Å². The van der Waals surface area contributed by atoms with Gasteiger partial charge < -0.3 is 25.7 Å². The minimum atomic E-state index is 0.216. The molecule has 0 aliphatic rings. The fraction of sp³-hybridized carbons (Fsp3) is 0.533. The van der Waals surface area contributed by atoms with E-state index in [1.807, 2.05) is 18.2 Å². The summed E-state index contributed by atoms with van der Waals surface area (Å²) < 4.78 is 10.5. The number of methoxy groups -OCH3 is 2. The van der Waals surface area contributed by atoms with Gasteiger partial charge in [-0.1, -0.05) is 11.2 Å². The van der Waals surface area contributed by atoms with Crippen LogP contribution in [0.15, 0.2) is 23.4 Å². The first-order valence-electron chi connectivity index (χ1n) is 7.04. The van der Waals surface area contributed by atoms with Crippen LogP contribution >= 0.6 is 0 Å². The number of nitrogens with two attached hydrogens (primary N) is 1. The van der Waals surface area contributed by atoms with Gasteiger partial charge in [-0.15, -0.1) is 0 Å². The molecular weight excluding hydrogens is 270 g/mol. The lowest BCUT2D eigenvalue weighted by Gasteiger charge is -2.16. The summed E-state index contributed by atoms with van der Waals surface area (Å²) in [6.07, 6.45) is 2.47. The topological polar surface area (TPSA) is 89.1 Å². The van der Waals surface area contributed by atoms with Crippen LogP contribution in [-0.2, 0) is 0 Å². The molecule has 4 N–H and O–H groups in total. The van der Waals surface area contributed by atoms with Crippen molar-refractivity contribution >= 4 is 5.84 Å². The van der Waals surface area contributed by atoms with Gasteiger partial charge in [0.15, 0.2) is 11.5 Å². The van der Waals surface area contributed by atoms with E-state index in [0.29, 0.717) is 6.42 Å². The third kappa shape index (κ3) is 5.51. The Labute approximate surface area is 125 Å². The molecule has 1 rings (SSSR count). The fourth-order valence-corrected chi connectivity index (χ4v) is 2.04. The molecule has 0 aliphatic carbocycles. The summed E-state index contributed by atoms with van der Waals surface area (Å²) in [5.74, 6) is 1.74. The van der Waals surface area contributed by atoms with Gasteiger partial charge in [0.1, 0.15) is 5.84 Å². The minimum absolute atomic E-state index is 0.216. The highest BCUT2D eigenvalue weighted by Crippen LogP contribution is 2.29. The van der Waals surface area contributed by atoms with E-state index in [4.69, 9.17) is 20.4 Å². The molecular formula is C15H25N3O3. The molecule has 0 spiro atoms. The number of amidine groups is 1. The number of nitrogens with zero attached hydrogens (tertiary/aromatic N) is 1. The third-order valence-electron chi connectivity index (χ3n) is 3.35. The second kappa shape index (κ2) is 9.07. The van der Waals surface area contributed by atoms with Crippen LogP contribution in [0.1, 0.15) is 37.8 Å². The molecule has 6 nitrogen and oxygen atoms in total. The Hall–Kier alpha value is -1.95. The molecule has 6 heteroatoms. The molecule has 1 aromatic carbocycles. The lowest BCUT2D eigenvalue weighted by molar-refractivity contribution is 0.316. The second-order valence-electron chi connectivity index (χ2n) is 4.84. The Morgan fingerprint density at radius 2 is 2.00 bits per heavy atom. The van der Waals surface area contributed by atoms with Gasteiger partial charge in [0.2, 0.25) is 0 Å². The number of hydrogen-bond acceptors (Lipinski definition) is 5. The molecule has 0 radical (unpaired) electrons. The van der Waals surface area contributed by atoms with Crippen molar-refractivity contribution in [3.05, 3.63) is 23.8 Å². The summed E-state index contributed by atoms with van der Waals surface area (Å²) in [5, 5.41) is 14.8. The first-order valence-corrected chi connectivity index (χ1v) is 7.04. The van der Waals surface area contributed by atoms with E-state index in [1.54, 1.807) is 14.2 Å². The SMILES string of the molecule is COc1ccc(C(C)NCCCCC(N)=NO)cc1OC. The van der Waals surface area contributed by atoms with Gasteiger partial charge in [0.25, 0.3) is 0 Å². The zero-order valence-corrected chi connectivity index (χ0v) is 12.9. The smallest absolute Gasteiger partial charge is 0.161 e. The standard InChI is InChI=1S/C15H25N3O3/c1-11(17-9-5-4-6-15(16)18-19)12-7-8-13(20-2)14(10-12)21-3/h7-8,10-11,17,19H,4-6,9H2,1-3H3,(H2,16,18). The maximum atomic E-state index is 8.45. The fourth-order valence-electron chi connectivity index (χ4n) is 2.04. The van der Waals surface area contributed by atoms with E-state index in [1.165, 1.54) is 0 Å². The number of hydrogen-bond donors (Lipinski definition) is 3. The number of nitrogens with one attached hydrogen (secondary N) is 1. The third-order valence-corrected chi connectivity index (χ3v) is 3.35. The molecule has 0 fully saturated rings. The summed E-state index contributed by atoms with van der Waals surface area (Å²) >= 11 is 0. The van der Waals surface area contributed by atoms with Crippen LogP contribution in [0, 0.1) is 0 Å². The average Bonchev–Trinajstić information content (AvgIpc) is 2.53. The van der Waals surface area contributed by atoms with Crippen molar-refractivity contribution in [3.8, 4) is 11.5 Å². The summed E-state index contributed by atoms with van der Waals surface area (Å²) in [4.78, 5) is 0. The molecule has 0 saturated carbocycles. The predicted molar refractivity (Wildman–Crippen MR) is 83.2 cm³/mol. The summed E-state index contributed by atoms with van der Waals surface area (Å²) in [6, 6.07) is 6.13. The zero-order chi connectivity index (χ0) is 15.7. The summed E-state index contributed by atoms with van der Waals surface area (Å²) in [5.41, 5.74) is 6.56. The van der Waals surface area contributed by atoms with E-state index in [9.17, 15) is 0 Å². The first-order chi connectivity index (χ1) is 10.1. The van der Waals surface area contributed by atoms with Crippen molar-refractivity contribution in [1.29, 1.82) is 0 Å². The van der Waals surface area contributed by atoms with Crippen LogP contribution in [-0.4, -0.2) is 31.8 Å². The molecule has 0 aromatic heterocycles. The number of unbranched alkanes of at least 4 members (excludes halogenated alkanes) is 1. The lowest BCUT2D eigenvalue weighted by atomic mass is 10.1. The number of oxime groups is 1. The monoisotopic (exact) mass is 295 g/mol. The summed E-state index contributed by atoms with van der Waals surface area (Å²) in [6.45, 7) is 2.97. The quantitative estimate of drug-likeness (QED) is 0.214. The normalized spacial score (nSPS) is 13.0. The highest BCUT2D eigenvalue weighted by molar-refractivity contribution is 5.79. The van der Waals surface area contributed by atoms with Gasteiger partial charge in [-0.2, -0.15) is 0 Å². The highest BCUT2D eigenvalue weighted by atomic mass is 16.5. The predicted octanol–water partition coefficient (Wildman–Crippen LogP) is 2.27. The number of rotatable bonds is 9. The maximum Gasteiger partial charge on any atom is 0.161 e. The number of benzene rings is 1. The van der Waals surface area contributed by atoms with Crippen molar-refractivity contribution in [1.82, 2.24) is 5.32 Å². The van der Waals surface area contributed by atoms with E-state index >= 15 is 0 Å². The van der Waals surface area contributed by atoms with Crippen LogP contribution in [0.3, 0.4) is 0 Å². The Bertz CT molecular complexity index is 463. The van der Waals surface area contributed by atoms with Gasteiger partial charge in [-0.3, -0.25) is 0 Å². The van der Waals surface area contributed by atoms with E-state index < -0.39 is 0 Å². The van der Waals surface area contributed by atoms with Crippen LogP contribution < -0.4 is 20.5 Å². The van der Waals surface area contributed by atoms with E-state index in [0.717, 1.165) is 36.4 Å². The average molecular weight is 295 g/mol. The maximum absolute atomic E-state index is 8.45. The van der Waals surface area contributed by atoms with Crippen molar-refractivity contribution in [2.24, 2.45) is 10.9 Å². The Balaban J connectivity index is 2.43. The van der Waals surface area contributed by atoms with Crippen molar-refractivity contribution < 1.29 is 14.7 Å². The molecule has 118 valence electrons. The van der Waals surface area contributed by atoms with Crippen LogP contribution in [0.5, 0.6) is 11.5 Å². The molecule has 1 unspecified atom stereocenters. The van der Waals surface area contributed by atoms with Gasteiger partial charge in [0, 0.05) is 12.5 Å². The van der Waals surface area contributed by atoms with E-state index in [-0.39, 0.29) is 11.9 Å². The van der Waals surface area contributed by atoms with Gasteiger partial charge >= 0.3 is 0 Å². The molecule has 0 bridgehead atoms. The van der Waals surface area contributed by atoms with Crippen molar-refractivity contribution in [3.63, 3.8) is 0 Å². The molecule has 0 saturated heterocycles. The number of ether oxygens (including phenoxy) is 2. The first kappa shape index (κ1) is 17.1. The Morgan fingerprint density at radius 1 is 1.29 bits per heavy atom. The Kier molecular flexibility index (Phi) is 7.39. The van der Waals surface area contributed by atoms with E-state index in [2.05, 4.69) is 17.4 Å². The van der Waals surface area contributed by atoms with Crippen LogP contribution in [0.25, 0.3) is 0 Å². The van der Waals surface area contributed by atoms with Crippen molar-refractivity contribution in [2.75, 3.05) is 20.8 Å². The largest absolute Gasteiger partial charge is 0.493 e. The second-order valence-corrected chi connectivity index (χ2v) is 4.84. The Morgan fingerprint density at radius 3 is 2.62 bits per heavy atom. The van der Waals surface area contributed by atoms with Crippen LogP contribution in [0.2, 0.25) is 0 Å². The summed E-state index contributed by atoms with van der Waals surface area (Å²) in [7, 11) is 3.26. The molecule has 0 amide bonds. The molecule has 0 heterocycles. The molecule has 0 aliphatic heterocycles. The van der Waals surface area contributed by atoms with Gasteiger partial charge in [0.05, 0.1) is 14.2 Å².